The van der Waals surface area contributed by atoms with Crippen molar-refractivity contribution < 1.29 is 4.74 Å². The number of nitrogens with zero attached hydrogens (tertiary/aromatic N) is 2. The van der Waals surface area contributed by atoms with E-state index in [4.69, 9.17) is 10.6 Å². The first kappa shape index (κ1) is 9.88. The number of nitrogen functional groups attached to an aromatic ring is 1. The number of anilines is 1. The third kappa shape index (κ3) is 3.35. The van der Waals surface area contributed by atoms with Crippen LogP contribution in [0.5, 0.6) is 0 Å². The Bertz CT molecular complexity index is 247. The average Bonchev–Trinajstić information content (AvgIpc) is 2.15. The van der Waals surface area contributed by atoms with Gasteiger partial charge in [-0.25, -0.2) is 10.8 Å². The van der Waals surface area contributed by atoms with E-state index >= 15 is 0 Å². The molecule has 1 rings (SSSR count). The zero-order chi connectivity index (χ0) is 9.68. The van der Waals surface area contributed by atoms with E-state index in [1.54, 1.807) is 12.4 Å². The van der Waals surface area contributed by atoms with Crippen LogP contribution >= 0.6 is 0 Å². The second kappa shape index (κ2) is 4.74. The highest BCUT2D eigenvalue weighted by Crippen LogP contribution is 2.01. The highest BCUT2D eigenvalue weighted by molar-refractivity contribution is 5.28. The average molecular weight is 182 g/mol. The first-order valence-electron chi connectivity index (χ1n) is 4.11. The predicted molar refractivity (Wildman–Crippen MR) is 49.8 cm³/mol. The molecule has 0 atom stereocenters. The van der Waals surface area contributed by atoms with Gasteiger partial charge in [-0.05, 0) is 13.8 Å². The highest BCUT2D eigenvalue weighted by Gasteiger charge is 1.98. The van der Waals surface area contributed by atoms with Crippen molar-refractivity contribution in [3.05, 3.63) is 18.1 Å². The van der Waals surface area contributed by atoms with Gasteiger partial charge in [0.2, 0.25) is 0 Å². The molecule has 0 spiro atoms. The summed E-state index contributed by atoms with van der Waals surface area (Å²) in [5, 5.41) is 0. The molecule has 0 aliphatic rings. The van der Waals surface area contributed by atoms with Gasteiger partial charge in [-0.2, -0.15) is 0 Å². The van der Waals surface area contributed by atoms with Crippen LogP contribution in [0.3, 0.4) is 0 Å². The van der Waals surface area contributed by atoms with Gasteiger partial charge < -0.3 is 10.2 Å². The molecule has 13 heavy (non-hydrogen) atoms. The summed E-state index contributed by atoms with van der Waals surface area (Å²) in [6.45, 7) is 4.43. The second-order valence-electron chi connectivity index (χ2n) is 2.90. The lowest BCUT2D eigenvalue weighted by Crippen LogP contribution is -2.10. The summed E-state index contributed by atoms with van der Waals surface area (Å²) < 4.78 is 5.35. The first-order chi connectivity index (χ1) is 6.22. The van der Waals surface area contributed by atoms with Crippen LogP contribution in [0, 0.1) is 0 Å². The maximum atomic E-state index is 5.35. The van der Waals surface area contributed by atoms with Crippen molar-refractivity contribution in [1.29, 1.82) is 0 Å². The number of hydrogen-bond acceptors (Lipinski definition) is 5. The van der Waals surface area contributed by atoms with E-state index in [0.717, 1.165) is 5.69 Å². The SMILES string of the molecule is CC(C)OCc1cnc(NN)cn1. The molecule has 0 fully saturated rings. The third-order valence-corrected chi connectivity index (χ3v) is 1.42. The van der Waals surface area contributed by atoms with Crippen LogP contribution in [0.4, 0.5) is 5.82 Å². The Kier molecular flexibility index (Phi) is 3.60. The lowest BCUT2D eigenvalue weighted by Gasteiger charge is -2.06. The molecule has 1 aromatic rings. The topological polar surface area (TPSA) is 73.1 Å². The number of ether oxygens (including phenoxy) is 1. The summed E-state index contributed by atoms with van der Waals surface area (Å²) in [6, 6.07) is 0. The minimum atomic E-state index is 0.203. The molecular formula is C8H14N4O. The number of rotatable bonds is 4. The van der Waals surface area contributed by atoms with Gasteiger partial charge in [-0.15, -0.1) is 0 Å². The van der Waals surface area contributed by atoms with Gasteiger partial charge in [0.1, 0.15) is 0 Å². The number of hydrazine groups is 1. The molecule has 1 heterocycles. The molecule has 3 N–H and O–H groups in total. The number of aromatic nitrogens is 2. The molecule has 0 aromatic carbocycles. The third-order valence-electron chi connectivity index (χ3n) is 1.42. The zero-order valence-electron chi connectivity index (χ0n) is 7.82. The second-order valence-corrected chi connectivity index (χ2v) is 2.90. The summed E-state index contributed by atoms with van der Waals surface area (Å²) in [4.78, 5) is 8.09. The molecule has 0 unspecified atom stereocenters. The van der Waals surface area contributed by atoms with E-state index in [1.165, 1.54) is 0 Å². The van der Waals surface area contributed by atoms with Gasteiger partial charge >= 0.3 is 0 Å². The van der Waals surface area contributed by atoms with Gasteiger partial charge in [0.25, 0.3) is 0 Å². The van der Waals surface area contributed by atoms with Crippen molar-refractivity contribution in [2.45, 2.75) is 26.6 Å². The van der Waals surface area contributed by atoms with Gasteiger partial charge in [0.15, 0.2) is 5.82 Å². The van der Waals surface area contributed by atoms with Crippen molar-refractivity contribution in [2.75, 3.05) is 5.43 Å². The fourth-order valence-corrected chi connectivity index (χ4v) is 0.756. The Labute approximate surface area is 77.3 Å². The van der Waals surface area contributed by atoms with E-state index in [0.29, 0.717) is 12.4 Å². The maximum Gasteiger partial charge on any atom is 0.158 e. The molecule has 0 aliphatic carbocycles. The van der Waals surface area contributed by atoms with Crippen LogP contribution in [0.15, 0.2) is 12.4 Å². The molecule has 0 amide bonds. The normalized spacial score (nSPS) is 10.5. The minimum Gasteiger partial charge on any atom is -0.372 e. The van der Waals surface area contributed by atoms with Crippen molar-refractivity contribution in [1.82, 2.24) is 9.97 Å². The minimum absolute atomic E-state index is 0.203. The summed E-state index contributed by atoms with van der Waals surface area (Å²) >= 11 is 0. The summed E-state index contributed by atoms with van der Waals surface area (Å²) in [5.74, 6) is 5.69. The van der Waals surface area contributed by atoms with Crippen LogP contribution < -0.4 is 11.3 Å². The van der Waals surface area contributed by atoms with Crippen LogP contribution in [0.1, 0.15) is 19.5 Å². The quantitative estimate of drug-likeness (QED) is 0.529. The monoisotopic (exact) mass is 182 g/mol. The zero-order valence-corrected chi connectivity index (χ0v) is 7.82. The Morgan fingerprint density at radius 2 is 2.23 bits per heavy atom. The van der Waals surface area contributed by atoms with Crippen LogP contribution in [0.2, 0.25) is 0 Å². The van der Waals surface area contributed by atoms with Gasteiger partial charge in [0, 0.05) is 0 Å². The number of hydrogen-bond donors (Lipinski definition) is 2. The number of nitrogens with two attached hydrogens (primary N) is 1. The highest BCUT2D eigenvalue weighted by atomic mass is 16.5. The Hall–Kier alpha value is -1.20. The van der Waals surface area contributed by atoms with E-state index in [2.05, 4.69) is 15.4 Å². The molecule has 0 radical (unpaired) electrons. The first-order valence-corrected chi connectivity index (χ1v) is 4.11. The largest absolute Gasteiger partial charge is 0.372 e. The summed E-state index contributed by atoms with van der Waals surface area (Å²) in [7, 11) is 0. The summed E-state index contributed by atoms with van der Waals surface area (Å²) in [5.41, 5.74) is 3.20. The molecule has 5 nitrogen and oxygen atoms in total. The molecule has 0 saturated carbocycles. The fraction of sp³-hybridized carbons (Fsp3) is 0.500. The van der Waals surface area contributed by atoms with E-state index in [-0.39, 0.29) is 6.10 Å². The molecule has 0 bridgehead atoms. The van der Waals surface area contributed by atoms with E-state index < -0.39 is 0 Å². The van der Waals surface area contributed by atoms with Crippen molar-refractivity contribution >= 4 is 5.82 Å². The standard InChI is InChI=1S/C8H14N4O/c1-6(2)13-5-7-3-11-8(12-9)4-10-7/h3-4,6H,5,9H2,1-2H3,(H,11,12). The molecule has 0 saturated heterocycles. The predicted octanol–water partition coefficient (Wildman–Crippen LogP) is 0.687. The molecule has 72 valence electrons. The Morgan fingerprint density at radius 1 is 1.46 bits per heavy atom. The van der Waals surface area contributed by atoms with Gasteiger partial charge in [-0.1, -0.05) is 0 Å². The lowest BCUT2D eigenvalue weighted by molar-refractivity contribution is 0.0634. The summed E-state index contributed by atoms with van der Waals surface area (Å²) in [6.07, 6.45) is 3.41. The Balaban J connectivity index is 2.49. The van der Waals surface area contributed by atoms with E-state index in [9.17, 15) is 0 Å². The van der Waals surface area contributed by atoms with Crippen LogP contribution in [-0.4, -0.2) is 16.1 Å². The van der Waals surface area contributed by atoms with Crippen molar-refractivity contribution in [3.63, 3.8) is 0 Å². The molecule has 0 aliphatic heterocycles. The molecular weight excluding hydrogens is 168 g/mol. The van der Waals surface area contributed by atoms with Gasteiger partial charge in [-0.3, -0.25) is 4.98 Å². The maximum absolute atomic E-state index is 5.35. The van der Waals surface area contributed by atoms with Gasteiger partial charge in [0.05, 0.1) is 30.8 Å². The lowest BCUT2D eigenvalue weighted by atomic mass is 10.4. The smallest absolute Gasteiger partial charge is 0.158 e. The van der Waals surface area contributed by atoms with Crippen molar-refractivity contribution in [3.8, 4) is 0 Å². The van der Waals surface area contributed by atoms with E-state index in [1.807, 2.05) is 13.8 Å². The molecule has 5 heteroatoms. The Morgan fingerprint density at radius 3 is 2.69 bits per heavy atom. The molecule has 1 aromatic heterocycles. The van der Waals surface area contributed by atoms with Crippen LogP contribution in [0.25, 0.3) is 0 Å². The fourth-order valence-electron chi connectivity index (χ4n) is 0.756. The van der Waals surface area contributed by atoms with Crippen molar-refractivity contribution in [2.24, 2.45) is 5.84 Å². The number of nitrogens with one attached hydrogen (secondary N) is 1. The van der Waals surface area contributed by atoms with Crippen LogP contribution in [-0.2, 0) is 11.3 Å².